The van der Waals surface area contributed by atoms with Crippen LogP contribution in [0.1, 0.15) is 116 Å². The van der Waals surface area contributed by atoms with Crippen molar-refractivity contribution in [2.24, 2.45) is 0 Å². The molecule has 0 N–H and O–H groups in total. The number of benzene rings is 2. The van der Waals surface area contributed by atoms with E-state index in [-0.39, 0.29) is 27.6 Å². The first-order chi connectivity index (χ1) is 15.8. The molecule has 0 amide bonds. The molecule has 2 nitrogen and oxygen atoms in total. The summed E-state index contributed by atoms with van der Waals surface area (Å²) in [5.41, 5.74) is 8.17. The lowest BCUT2D eigenvalue weighted by Gasteiger charge is -2.29. The first kappa shape index (κ1) is 27.0. The highest BCUT2D eigenvalue weighted by atomic mass is 16.5. The molecular weight excluding hydrogens is 428 g/mol. The van der Waals surface area contributed by atoms with E-state index in [0.717, 1.165) is 16.7 Å². The minimum Gasteiger partial charge on any atom is -0.423 e. The molecule has 35 heavy (non-hydrogen) atoms. The van der Waals surface area contributed by atoms with Gasteiger partial charge in [0.1, 0.15) is 5.76 Å². The SMILES string of the molecule is CC(C)(C)c1cc(C(=C2C=CC(=O)O2)c2cc(C(C)(C)C)cc(C(C)(C)C)c2)cc(C(C)(C)C)c1. The zero-order valence-corrected chi connectivity index (χ0v) is 23.9. The van der Waals surface area contributed by atoms with Gasteiger partial charge in [0.25, 0.3) is 0 Å². The maximum absolute atomic E-state index is 12.2. The molecule has 0 spiro atoms. The van der Waals surface area contributed by atoms with Crippen LogP contribution in [0.2, 0.25) is 0 Å². The van der Waals surface area contributed by atoms with E-state index < -0.39 is 0 Å². The number of hydrogen-bond acceptors (Lipinski definition) is 2. The Morgan fingerprint density at radius 3 is 1.06 bits per heavy atom. The van der Waals surface area contributed by atoms with E-state index in [0.29, 0.717) is 5.76 Å². The van der Waals surface area contributed by atoms with Crippen molar-refractivity contribution in [3.8, 4) is 0 Å². The first-order valence-corrected chi connectivity index (χ1v) is 12.7. The van der Waals surface area contributed by atoms with Gasteiger partial charge in [-0.1, -0.05) is 119 Å². The van der Waals surface area contributed by atoms with Crippen LogP contribution in [0.15, 0.2) is 54.3 Å². The summed E-state index contributed by atoms with van der Waals surface area (Å²) in [7, 11) is 0. The van der Waals surface area contributed by atoms with Crippen LogP contribution < -0.4 is 0 Å². The molecule has 3 rings (SSSR count). The Balaban J connectivity index is 2.44. The lowest BCUT2D eigenvalue weighted by Crippen LogP contribution is -2.18. The number of allylic oxidation sites excluding steroid dienone is 1. The fourth-order valence-electron chi connectivity index (χ4n) is 4.18. The van der Waals surface area contributed by atoms with Crippen molar-refractivity contribution in [1.29, 1.82) is 0 Å². The van der Waals surface area contributed by atoms with Crippen LogP contribution in [0.3, 0.4) is 0 Å². The van der Waals surface area contributed by atoms with E-state index in [4.69, 9.17) is 4.74 Å². The molecule has 0 saturated carbocycles. The van der Waals surface area contributed by atoms with Gasteiger partial charge in [-0.05, 0) is 61.1 Å². The maximum atomic E-state index is 12.2. The normalized spacial score (nSPS) is 15.0. The van der Waals surface area contributed by atoms with Crippen LogP contribution >= 0.6 is 0 Å². The smallest absolute Gasteiger partial charge is 0.336 e. The number of ether oxygens (including phenoxy) is 1. The first-order valence-electron chi connectivity index (χ1n) is 12.7. The molecular formula is C33H44O2. The molecule has 0 radical (unpaired) electrons. The Bertz CT molecular complexity index is 1050. The summed E-state index contributed by atoms with van der Waals surface area (Å²) in [5, 5.41) is 0. The van der Waals surface area contributed by atoms with Gasteiger partial charge in [0, 0.05) is 11.6 Å². The van der Waals surface area contributed by atoms with Crippen molar-refractivity contribution in [2.75, 3.05) is 0 Å². The predicted molar refractivity (Wildman–Crippen MR) is 149 cm³/mol. The minimum absolute atomic E-state index is 0.0161. The third-order valence-corrected chi connectivity index (χ3v) is 6.74. The quantitative estimate of drug-likeness (QED) is 0.408. The lowest BCUT2D eigenvalue weighted by atomic mass is 9.76. The zero-order chi connectivity index (χ0) is 26.6. The van der Waals surface area contributed by atoms with E-state index in [1.165, 1.54) is 28.3 Å². The van der Waals surface area contributed by atoms with Crippen molar-refractivity contribution in [1.82, 2.24) is 0 Å². The van der Waals surface area contributed by atoms with Crippen LogP contribution in [0.25, 0.3) is 5.57 Å². The second kappa shape index (κ2) is 8.80. The predicted octanol–water partition coefficient (Wildman–Crippen LogP) is 8.75. The summed E-state index contributed by atoms with van der Waals surface area (Å²) in [5.74, 6) is 0.301. The summed E-state index contributed by atoms with van der Waals surface area (Å²) < 4.78 is 5.76. The van der Waals surface area contributed by atoms with Gasteiger partial charge in [0.05, 0.1) is 0 Å². The third-order valence-electron chi connectivity index (χ3n) is 6.74. The minimum atomic E-state index is -0.316. The molecule has 0 aromatic heterocycles. The Hall–Kier alpha value is -2.61. The average molecular weight is 473 g/mol. The Morgan fingerprint density at radius 1 is 0.514 bits per heavy atom. The molecule has 0 atom stereocenters. The molecule has 2 aromatic rings. The maximum Gasteiger partial charge on any atom is 0.336 e. The van der Waals surface area contributed by atoms with E-state index in [9.17, 15) is 4.79 Å². The van der Waals surface area contributed by atoms with Crippen molar-refractivity contribution >= 4 is 11.5 Å². The van der Waals surface area contributed by atoms with Gasteiger partial charge >= 0.3 is 5.97 Å². The van der Waals surface area contributed by atoms with E-state index in [1.807, 2.05) is 6.08 Å². The molecule has 2 heteroatoms. The topological polar surface area (TPSA) is 26.3 Å². The molecule has 0 unspecified atom stereocenters. The van der Waals surface area contributed by atoms with Gasteiger partial charge in [-0.15, -0.1) is 0 Å². The molecule has 2 aromatic carbocycles. The van der Waals surface area contributed by atoms with Crippen LogP contribution in [-0.2, 0) is 31.2 Å². The zero-order valence-electron chi connectivity index (χ0n) is 23.9. The van der Waals surface area contributed by atoms with Crippen LogP contribution in [0, 0.1) is 0 Å². The van der Waals surface area contributed by atoms with E-state index in [1.54, 1.807) is 0 Å². The summed E-state index contributed by atoms with van der Waals surface area (Å²) in [4.78, 5) is 12.2. The number of rotatable bonds is 2. The summed E-state index contributed by atoms with van der Waals surface area (Å²) in [6, 6.07) is 13.8. The van der Waals surface area contributed by atoms with Crippen molar-refractivity contribution in [3.63, 3.8) is 0 Å². The molecule has 1 heterocycles. The van der Waals surface area contributed by atoms with Crippen LogP contribution in [0.5, 0.6) is 0 Å². The number of esters is 1. The molecule has 1 aliphatic heterocycles. The second-order valence-electron chi connectivity index (χ2n) is 14.1. The third kappa shape index (κ3) is 6.15. The number of cyclic esters (lactones) is 1. The number of carbonyl (C=O) groups is 1. The lowest BCUT2D eigenvalue weighted by molar-refractivity contribution is -0.132. The number of hydrogen-bond donors (Lipinski definition) is 0. The number of carbonyl (C=O) groups excluding carboxylic acids is 1. The highest BCUT2D eigenvalue weighted by Crippen LogP contribution is 2.39. The highest BCUT2D eigenvalue weighted by Gasteiger charge is 2.27. The summed E-state index contributed by atoms with van der Waals surface area (Å²) >= 11 is 0. The van der Waals surface area contributed by atoms with E-state index in [2.05, 4.69) is 119 Å². The van der Waals surface area contributed by atoms with Gasteiger partial charge in [-0.3, -0.25) is 0 Å². The molecule has 188 valence electrons. The van der Waals surface area contributed by atoms with Crippen molar-refractivity contribution in [3.05, 3.63) is 87.7 Å². The molecule has 0 bridgehead atoms. The van der Waals surface area contributed by atoms with Gasteiger partial charge in [-0.25, -0.2) is 4.79 Å². The monoisotopic (exact) mass is 472 g/mol. The Morgan fingerprint density at radius 2 is 0.829 bits per heavy atom. The highest BCUT2D eigenvalue weighted by molar-refractivity contribution is 5.93. The summed E-state index contributed by atoms with van der Waals surface area (Å²) in [6.45, 7) is 27.0. The van der Waals surface area contributed by atoms with E-state index >= 15 is 0 Å². The van der Waals surface area contributed by atoms with Gasteiger partial charge in [0.2, 0.25) is 0 Å². The van der Waals surface area contributed by atoms with Crippen molar-refractivity contribution < 1.29 is 9.53 Å². The fourth-order valence-corrected chi connectivity index (χ4v) is 4.18. The Kier molecular flexibility index (Phi) is 6.79. The second-order valence-corrected chi connectivity index (χ2v) is 14.1. The Labute approximate surface area is 213 Å². The average Bonchev–Trinajstić information content (AvgIpc) is 3.11. The van der Waals surface area contributed by atoms with Crippen molar-refractivity contribution in [2.45, 2.75) is 105 Å². The molecule has 0 saturated heterocycles. The van der Waals surface area contributed by atoms with Crippen LogP contribution in [0.4, 0.5) is 0 Å². The summed E-state index contributed by atoms with van der Waals surface area (Å²) in [6.07, 6.45) is 3.34. The molecule has 1 aliphatic rings. The molecule has 0 fully saturated rings. The van der Waals surface area contributed by atoms with Crippen LogP contribution in [-0.4, -0.2) is 5.97 Å². The standard InChI is InChI=1S/C33H44O2/c1-30(2,3)23-15-21(16-24(19-23)31(4,5)6)29(27-13-14-28(34)35-27)22-17-25(32(7,8)9)20-26(18-22)33(10,11)12/h13-20H,1-12H3. The fraction of sp³-hybridized carbons (Fsp3) is 0.485. The molecule has 0 aliphatic carbocycles. The van der Waals surface area contributed by atoms with Gasteiger partial charge in [-0.2, -0.15) is 0 Å². The largest absolute Gasteiger partial charge is 0.423 e. The van der Waals surface area contributed by atoms with Gasteiger partial charge < -0.3 is 4.74 Å². The van der Waals surface area contributed by atoms with Gasteiger partial charge in [0.15, 0.2) is 0 Å².